The number of nitriles is 1. The number of carbonyl (C=O) groups excluding carboxylic acids is 1. The number of aryl methyl sites for hydroxylation is 1. The third-order valence-electron chi connectivity index (χ3n) is 5.09. The van der Waals surface area contributed by atoms with Gasteiger partial charge in [-0.2, -0.15) is 5.26 Å². The molecule has 0 spiro atoms. The van der Waals surface area contributed by atoms with Crippen molar-refractivity contribution in [3.8, 4) is 28.1 Å². The van der Waals surface area contributed by atoms with Crippen LogP contribution in [-0.2, 0) is 0 Å². The van der Waals surface area contributed by atoms with E-state index in [0.29, 0.717) is 21.5 Å². The summed E-state index contributed by atoms with van der Waals surface area (Å²) in [5, 5.41) is 28.2. The van der Waals surface area contributed by atoms with Gasteiger partial charge in [-0.15, -0.1) is 22.7 Å². The van der Waals surface area contributed by atoms with E-state index in [1.54, 1.807) is 12.1 Å². The van der Waals surface area contributed by atoms with Gasteiger partial charge in [-0.3, -0.25) is 4.79 Å². The first kappa shape index (κ1) is 20.6. The molecule has 1 aromatic carbocycles. The second kappa shape index (κ2) is 7.70. The molecule has 0 bridgehead atoms. The molecule has 0 aliphatic rings. The largest absolute Gasteiger partial charge is 0.539 e. The predicted molar refractivity (Wildman–Crippen MR) is 122 cm³/mol. The van der Waals surface area contributed by atoms with Crippen LogP contribution in [0.4, 0.5) is 11.5 Å². The van der Waals surface area contributed by atoms with Crippen molar-refractivity contribution in [3.05, 3.63) is 63.5 Å². The standard InChI is InChI=1S/C22H14N6O3S2/c1-10-4-6-11(7-5-10)28-17(22(30)31-27-28)18(29)19-16(24)15-14(13-3-2-8-32-13)12(9-23)20(25)26-21(15)33-19/h2-8H,1H3,(H4-,24,25,26,27,29,30). The zero-order valence-corrected chi connectivity index (χ0v) is 18.7. The van der Waals surface area contributed by atoms with Gasteiger partial charge in [0.15, 0.2) is 5.95 Å². The van der Waals surface area contributed by atoms with E-state index in [1.807, 2.05) is 36.6 Å². The minimum absolute atomic E-state index is 0.0397. The summed E-state index contributed by atoms with van der Waals surface area (Å²) in [6.45, 7) is 1.92. The summed E-state index contributed by atoms with van der Waals surface area (Å²) in [6.07, 6.45) is 0. The number of thiophene rings is 2. The lowest BCUT2D eigenvalue weighted by atomic mass is 10.0. The Morgan fingerprint density at radius 1 is 1.24 bits per heavy atom. The number of pyridine rings is 1. The van der Waals surface area contributed by atoms with Crippen LogP contribution in [0.3, 0.4) is 0 Å². The predicted octanol–water partition coefficient (Wildman–Crippen LogP) is 2.94. The average molecular weight is 475 g/mol. The molecule has 0 saturated heterocycles. The van der Waals surface area contributed by atoms with Gasteiger partial charge in [-0.25, -0.2) is 4.98 Å². The van der Waals surface area contributed by atoms with E-state index in [-0.39, 0.29) is 27.6 Å². The fourth-order valence-corrected chi connectivity index (χ4v) is 5.36. The molecule has 5 rings (SSSR count). The van der Waals surface area contributed by atoms with Crippen LogP contribution >= 0.6 is 22.7 Å². The summed E-state index contributed by atoms with van der Waals surface area (Å²) in [4.78, 5) is 19.0. The molecule has 0 atom stereocenters. The molecule has 0 saturated carbocycles. The fraction of sp³-hybridized carbons (Fsp3) is 0.0455. The summed E-state index contributed by atoms with van der Waals surface area (Å²) in [5.41, 5.74) is 14.5. The quantitative estimate of drug-likeness (QED) is 0.297. The zero-order chi connectivity index (χ0) is 23.3. The van der Waals surface area contributed by atoms with Crippen molar-refractivity contribution >= 4 is 50.2 Å². The SMILES string of the molecule is Cc1ccc(-[n+]2noc([O-])c2C(=O)c2sc3nc(N)c(C#N)c(-c4cccs4)c3c2N)cc1. The Labute approximate surface area is 194 Å². The molecule has 0 fully saturated rings. The first-order chi connectivity index (χ1) is 15.9. The molecule has 33 heavy (non-hydrogen) atoms. The number of anilines is 2. The lowest BCUT2D eigenvalue weighted by molar-refractivity contribution is -0.672. The van der Waals surface area contributed by atoms with Gasteiger partial charge in [-0.05, 0) is 23.1 Å². The number of carbonyl (C=O) groups is 1. The molecule has 4 aromatic heterocycles. The molecule has 4 heterocycles. The summed E-state index contributed by atoms with van der Waals surface area (Å²) in [6, 6.07) is 12.9. The zero-order valence-electron chi connectivity index (χ0n) is 17.0. The van der Waals surface area contributed by atoms with Crippen molar-refractivity contribution in [2.75, 3.05) is 11.5 Å². The van der Waals surface area contributed by atoms with Crippen LogP contribution in [0.5, 0.6) is 5.95 Å². The van der Waals surface area contributed by atoms with Gasteiger partial charge < -0.3 is 21.1 Å². The van der Waals surface area contributed by atoms with Gasteiger partial charge in [0.2, 0.25) is 5.69 Å². The summed E-state index contributed by atoms with van der Waals surface area (Å²) in [7, 11) is 0. The van der Waals surface area contributed by atoms with Crippen LogP contribution in [0.25, 0.3) is 26.3 Å². The van der Waals surface area contributed by atoms with E-state index in [9.17, 15) is 15.2 Å². The molecular weight excluding hydrogens is 460 g/mol. The van der Waals surface area contributed by atoms with Crippen LogP contribution < -0.4 is 21.3 Å². The van der Waals surface area contributed by atoms with Crippen molar-refractivity contribution in [1.82, 2.24) is 10.3 Å². The Kier molecular flexibility index (Phi) is 4.81. The molecular formula is C22H14N6O3S2. The molecule has 162 valence electrons. The summed E-state index contributed by atoms with van der Waals surface area (Å²) in [5.74, 6) is -1.50. The third kappa shape index (κ3) is 3.20. The number of ketones is 1. The Bertz CT molecular complexity index is 1580. The number of nitrogens with two attached hydrogens (primary N) is 2. The van der Waals surface area contributed by atoms with E-state index < -0.39 is 11.7 Å². The summed E-state index contributed by atoms with van der Waals surface area (Å²) < 4.78 is 5.95. The lowest BCUT2D eigenvalue weighted by Gasteiger charge is -2.07. The first-order valence-corrected chi connectivity index (χ1v) is 11.3. The van der Waals surface area contributed by atoms with Crippen molar-refractivity contribution in [2.45, 2.75) is 6.92 Å². The number of benzene rings is 1. The topological polar surface area (TPSA) is 159 Å². The summed E-state index contributed by atoms with van der Waals surface area (Å²) >= 11 is 2.41. The normalized spacial score (nSPS) is 11.0. The Morgan fingerprint density at radius 3 is 2.67 bits per heavy atom. The Balaban J connectivity index is 1.74. The number of nitrogens with zero attached hydrogens (tertiary/aromatic N) is 4. The second-order valence-electron chi connectivity index (χ2n) is 7.15. The molecule has 0 unspecified atom stereocenters. The maximum atomic E-state index is 13.5. The lowest BCUT2D eigenvalue weighted by Crippen LogP contribution is -2.39. The maximum absolute atomic E-state index is 13.5. The molecule has 11 heteroatoms. The highest BCUT2D eigenvalue weighted by atomic mass is 32.1. The monoisotopic (exact) mass is 474 g/mol. The molecule has 0 aliphatic heterocycles. The number of aromatic nitrogens is 3. The Hall–Kier alpha value is -4.27. The van der Waals surface area contributed by atoms with E-state index >= 15 is 0 Å². The fourth-order valence-electron chi connectivity index (χ4n) is 3.53. The maximum Gasteiger partial charge on any atom is 0.312 e. The average Bonchev–Trinajstić information content (AvgIpc) is 3.53. The van der Waals surface area contributed by atoms with E-state index in [1.165, 1.54) is 11.3 Å². The van der Waals surface area contributed by atoms with Gasteiger partial charge in [0, 0.05) is 28.0 Å². The molecule has 0 aliphatic carbocycles. The van der Waals surface area contributed by atoms with Crippen molar-refractivity contribution in [1.29, 1.82) is 5.26 Å². The van der Waals surface area contributed by atoms with E-state index in [2.05, 4.69) is 16.3 Å². The van der Waals surface area contributed by atoms with Crippen LogP contribution in [0.2, 0.25) is 0 Å². The number of nitrogen functional groups attached to an aromatic ring is 2. The van der Waals surface area contributed by atoms with Gasteiger partial charge in [0.05, 0.1) is 11.0 Å². The molecule has 4 N–H and O–H groups in total. The highest BCUT2D eigenvalue weighted by Gasteiger charge is 2.33. The number of rotatable bonds is 4. The van der Waals surface area contributed by atoms with E-state index in [4.69, 9.17) is 16.0 Å². The van der Waals surface area contributed by atoms with Crippen molar-refractivity contribution in [2.24, 2.45) is 0 Å². The number of hydrogen-bond donors (Lipinski definition) is 2. The Morgan fingerprint density at radius 2 is 2.00 bits per heavy atom. The van der Waals surface area contributed by atoms with Crippen LogP contribution in [0, 0.1) is 18.3 Å². The van der Waals surface area contributed by atoms with Crippen molar-refractivity contribution in [3.63, 3.8) is 0 Å². The molecule has 0 amide bonds. The van der Waals surface area contributed by atoms with Crippen molar-refractivity contribution < 1.29 is 19.1 Å². The number of hydrogen-bond acceptors (Lipinski definition) is 10. The van der Waals surface area contributed by atoms with Crippen LogP contribution in [-0.4, -0.2) is 16.0 Å². The smallest absolute Gasteiger partial charge is 0.312 e. The van der Waals surface area contributed by atoms with Gasteiger partial charge >= 0.3 is 5.69 Å². The molecule has 0 radical (unpaired) electrons. The third-order valence-corrected chi connectivity index (χ3v) is 7.08. The van der Waals surface area contributed by atoms with Crippen LogP contribution in [0.1, 0.15) is 26.5 Å². The first-order valence-electron chi connectivity index (χ1n) is 9.57. The van der Waals surface area contributed by atoms with Crippen LogP contribution in [0.15, 0.2) is 46.3 Å². The highest BCUT2D eigenvalue weighted by Crippen LogP contribution is 2.44. The second-order valence-corrected chi connectivity index (χ2v) is 9.09. The molecule has 9 nitrogen and oxygen atoms in total. The minimum atomic E-state index is -0.888. The molecule has 5 aromatic rings. The van der Waals surface area contributed by atoms with Gasteiger partial charge in [0.25, 0.3) is 5.78 Å². The highest BCUT2D eigenvalue weighted by molar-refractivity contribution is 7.21. The van der Waals surface area contributed by atoms with Gasteiger partial charge in [-0.1, -0.05) is 23.8 Å². The van der Waals surface area contributed by atoms with Gasteiger partial charge in [0.1, 0.15) is 27.2 Å². The van der Waals surface area contributed by atoms with E-state index in [0.717, 1.165) is 26.5 Å². The minimum Gasteiger partial charge on any atom is -0.539 e. The number of fused-ring (bicyclic) bond motifs is 1.